The van der Waals surface area contributed by atoms with Crippen LogP contribution in [0.3, 0.4) is 0 Å². The second-order valence-corrected chi connectivity index (χ2v) is 12.9. The van der Waals surface area contributed by atoms with Crippen molar-refractivity contribution in [2.75, 3.05) is 0 Å². The fourth-order valence-corrected chi connectivity index (χ4v) is 9.77. The number of fused-ring (bicyclic) bond motifs is 8. The summed E-state index contributed by atoms with van der Waals surface area (Å²) in [6.45, 7) is 0. The van der Waals surface area contributed by atoms with Gasteiger partial charge in [-0.05, 0) is 100 Å². The first-order chi connectivity index (χ1) is 18.9. The van der Waals surface area contributed by atoms with Crippen molar-refractivity contribution in [3.8, 4) is 0 Å². The predicted molar refractivity (Wildman–Crippen MR) is 163 cm³/mol. The van der Waals surface area contributed by atoms with Crippen molar-refractivity contribution in [3.05, 3.63) is 161 Å². The first-order valence-corrected chi connectivity index (χ1v) is 15.2. The largest absolute Gasteiger partial charge is 0.0836 e. The van der Waals surface area contributed by atoms with E-state index < -0.39 is 7.92 Å². The third-order valence-electron chi connectivity index (χ3n) is 8.85. The van der Waals surface area contributed by atoms with Gasteiger partial charge in [-0.15, -0.1) is 0 Å². The summed E-state index contributed by atoms with van der Waals surface area (Å²) in [5.74, 6) is 0. The Balaban J connectivity index is 1.42. The van der Waals surface area contributed by atoms with Crippen molar-refractivity contribution >= 4 is 35.0 Å². The molecule has 0 aliphatic heterocycles. The highest BCUT2D eigenvalue weighted by atomic mass is 31.1. The van der Waals surface area contributed by atoms with Crippen LogP contribution in [0.1, 0.15) is 47.9 Å². The smallest absolute Gasteiger partial charge is 0.0651 e. The molecule has 38 heavy (non-hydrogen) atoms. The zero-order valence-corrected chi connectivity index (χ0v) is 22.3. The van der Waals surface area contributed by atoms with E-state index in [1.54, 1.807) is 11.1 Å². The molecule has 1 unspecified atom stereocenters. The second-order valence-electron chi connectivity index (χ2n) is 10.7. The number of hydrogen-bond acceptors (Lipinski definition) is 0. The van der Waals surface area contributed by atoms with Gasteiger partial charge >= 0.3 is 0 Å². The standard InChI is InChI=1S/C37H29P/c1-3-13-26(14-4-1)38(27-15-5-2-6-16-27)28-23-24-32-31-19-9-12-22-35(31)37(36(32)25-28)33-20-10-7-17-29(33)30-18-8-11-21-34(30)37/h1-10,13-20,23-25H,11-12,21-22H2. The molecule has 4 aromatic rings. The third-order valence-corrected chi connectivity index (χ3v) is 11.3. The fourth-order valence-electron chi connectivity index (χ4n) is 7.45. The summed E-state index contributed by atoms with van der Waals surface area (Å²) in [5, 5.41) is 4.26. The van der Waals surface area contributed by atoms with Crippen LogP contribution in [-0.2, 0) is 5.41 Å². The topological polar surface area (TPSA) is 0 Å². The number of benzene rings is 4. The normalized spacial score (nSPS) is 20.7. The minimum atomic E-state index is -0.658. The Morgan fingerprint density at radius 3 is 1.68 bits per heavy atom. The summed E-state index contributed by atoms with van der Waals surface area (Å²) in [4.78, 5) is 0. The maximum Gasteiger partial charge on any atom is 0.0651 e. The van der Waals surface area contributed by atoms with Crippen LogP contribution in [0.2, 0.25) is 0 Å². The molecule has 4 aliphatic rings. The minimum absolute atomic E-state index is 0.128. The highest BCUT2D eigenvalue weighted by molar-refractivity contribution is 7.79. The summed E-state index contributed by atoms with van der Waals surface area (Å²) >= 11 is 0. The van der Waals surface area contributed by atoms with Crippen molar-refractivity contribution in [1.29, 1.82) is 0 Å². The fraction of sp³-hybridized carbons (Fsp3) is 0.135. The molecule has 1 spiro atoms. The van der Waals surface area contributed by atoms with Crippen LogP contribution < -0.4 is 15.9 Å². The molecule has 1 atom stereocenters. The molecule has 0 heterocycles. The molecule has 0 saturated heterocycles. The Bertz CT molecular complexity index is 1650. The first kappa shape index (κ1) is 22.3. The van der Waals surface area contributed by atoms with Gasteiger partial charge in [0.15, 0.2) is 0 Å². The molecule has 0 radical (unpaired) electrons. The number of allylic oxidation sites excluding steroid dienone is 8. The molecule has 0 nitrogen and oxygen atoms in total. The van der Waals surface area contributed by atoms with E-state index in [1.807, 2.05) is 0 Å². The van der Waals surface area contributed by atoms with Crippen LogP contribution in [0.5, 0.6) is 0 Å². The Morgan fingerprint density at radius 2 is 1.05 bits per heavy atom. The predicted octanol–water partition coefficient (Wildman–Crippen LogP) is 7.97. The van der Waals surface area contributed by atoms with Crippen molar-refractivity contribution < 1.29 is 0 Å². The van der Waals surface area contributed by atoms with E-state index in [4.69, 9.17) is 0 Å². The van der Waals surface area contributed by atoms with Gasteiger partial charge in [0, 0.05) is 0 Å². The summed E-state index contributed by atoms with van der Waals surface area (Å²) < 4.78 is 0. The van der Waals surface area contributed by atoms with E-state index in [0.717, 1.165) is 25.7 Å². The maximum absolute atomic E-state index is 2.61. The van der Waals surface area contributed by atoms with Crippen LogP contribution in [0.15, 0.2) is 139 Å². The zero-order chi connectivity index (χ0) is 25.1. The van der Waals surface area contributed by atoms with Crippen molar-refractivity contribution in [3.63, 3.8) is 0 Å². The van der Waals surface area contributed by atoms with E-state index in [0.29, 0.717) is 0 Å². The Hall–Kier alpha value is -3.73. The molecule has 8 rings (SSSR count). The lowest BCUT2D eigenvalue weighted by Crippen LogP contribution is -2.31. The van der Waals surface area contributed by atoms with Crippen LogP contribution >= 0.6 is 7.92 Å². The van der Waals surface area contributed by atoms with Crippen molar-refractivity contribution in [1.82, 2.24) is 0 Å². The lowest BCUT2D eigenvalue weighted by atomic mass is 9.66. The van der Waals surface area contributed by atoms with E-state index in [9.17, 15) is 0 Å². The molecule has 0 N–H and O–H groups in total. The van der Waals surface area contributed by atoms with Crippen LogP contribution in [0.25, 0.3) is 11.1 Å². The summed E-state index contributed by atoms with van der Waals surface area (Å²) in [6, 6.07) is 39.0. The Morgan fingerprint density at radius 1 is 0.500 bits per heavy atom. The summed E-state index contributed by atoms with van der Waals surface area (Å²) in [7, 11) is -0.658. The molecule has 0 aromatic heterocycles. The summed E-state index contributed by atoms with van der Waals surface area (Å²) in [6.07, 6.45) is 14.1. The highest BCUT2D eigenvalue weighted by Crippen LogP contribution is 2.64. The zero-order valence-electron chi connectivity index (χ0n) is 21.4. The average Bonchev–Trinajstić information content (AvgIpc) is 3.46. The lowest BCUT2D eigenvalue weighted by Gasteiger charge is -2.36. The van der Waals surface area contributed by atoms with Crippen LogP contribution in [0.4, 0.5) is 0 Å². The molecular formula is C37H29P. The van der Waals surface area contributed by atoms with Gasteiger partial charge in [-0.1, -0.05) is 121 Å². The second kappa shape index (κ2) is 8.65. The lowest BCUT2D eigenvalue weighted by molar-refractivity contribution is 0.661. The average molecular weight is 505 g/mol. The van der Waals surface area contributed by atoms with Gasteiger partial charge in [-0.25, -0.2) is 0 Å². The van der Waals surface area contributed by atoms with Crippen molar-refractivity contribution in [2.24, 2.45) is 0 Å². The molecule has 0 amide bonds. The number of hydrogen-bond donors (Lipinski definition) is 0. The molecule has 4 aromatic carbocycles. The maximum atomic E-state index is 2.61. The monoisotopic (exact) mass is 504 g/mol. The van der Waals surface area contributed by atoms with E-state index in [1.165, 1.54) is 49.3 Å². The van der Waals surface area contributed by atoms with Gasteiger partial charge in [0.2, 0.25) is 0 Å². The first-order valence-electron chi connectivity index (χ1n) is 13.8. The molecular weight excluding hydrogens is 475 g/mol. The highest BCUT2D eigenvalue weighted by Gasteiger charge is 2.53. The molecule has 0 saturated carbocycles. The quantitative estimate of drug-likeness (QED) is 0.248. The molecule has 0 bridgehead atoms. The van der Waals surface area contributed by atoms with Gasteiger partial charge in [-0.3, -0.25) is 0 Å². The molecule has 4 aliphatic carbocycles. The van der Waals surface area contributed by atoms with Gasteiger partial charge in [0.05, 0.1) is 5.41 Å². The van der Waals surface area contributed by atoms with Gasteiger partial charge in [0.1, 0.15) is 0 Å². The van der Waals surface area contributed by atoms with E-state index in [-0.39, 0.29) is 5.41 Å². The van der Waals surface area contributed by atoms with Gasteiger partial charge < -0.3 is 0 Å². The van der Waals surface area contributed by atoms with Crippen molar-refractivity contribution in [2.45, 2.75) is 31.1 Å². The van der Waals surface area contributed by atoms with Gasteiger partial charge in [0.25, 0.3) is 0 Å². The van der Waals surface area contributed by atoms with E-state index in [2.05, 4.69) is 127 Å². The van der Waals surface area contributed by atoms with Crippen LogP contribution in [0, 0.1) is 0 Å². The third kappa shape index (κ3) is 3.02. The minimum Gasteiger partial charge on any atom is -0.0836 e. The van der Waals surface area contributed by atoms with Gasteiger partial charge in [-0.2, -0.15) is 0 Å². The Labute approximate surface area is 226 Å². The molecule has 182 valence electrons. The molecule has 1 heteroatoms. The van der Waals surface area contributed by atoms with Crippen LogP contribution in [-0.4, -0.2) is 0 Å². The number of rotatable bonds is 3. The summed E-state index contributed by atoms with van der Waals surface area (Å²) in [5.41, 5.74) is 12.0. The Kier molecular flexibility index (Phi) is 5.07. The van der Waals surface area contributed by atoms with E-state index >= 15 is 0 Å². The molecule has 0 fully saturated rings. The SMILES string of the molecule is C1=CC2=C(CC1)C1(C3=C(C=CCC3)c3ccc(P(c4ccccc4)c4ccccc4)cc31)c1ccccc12.